The Hall–Kier alpha value is -6.18. The van der Waals surface area contributed by atoms with Crippen LogP contribution in [-0.2, 0) is 34.0 Å². The Labute approximate surface area is 352 Å². The van der Waals surface area contributed by atoms with Gasteiger partial charge in [0.2, 0.25) is 0 Å². The number of hydrogen-bond acceptors (Lipinski definition) is 6. The van der Waals surface area contributed by atoms with Crippen molar-refractivity contribution in [1.82, 2.24) is 0 Å². The van der Waals surface area contributed by atoms with Crippen LogP contribution < -0.4 is 14.2 Å². The van der Waals surface area contributed by atoms with Gasteiger partial charge >= 0.3 is 0 Å². The van der Waals surface area contributed by atoms with E-state index in [1.807, 2.05) is 18.2 Å². The Kier molecular flexibility index (Phi) is 10.4. The van der Waals surface area contributed by atoms with Gasteiger partial charge in [0, 0.05) is 57.3 Å². The van der Waals surface area contributed by atoms with Gasteiger partial charge in [0.05, 0.1) is 18.3 Å². The van der Waals surface area contributed by atoms with Crippen LogP contribution in [0.4, 0.5) is 0 Å². The molecule has 0 bridgehead atoms. The zero-order valence-electron chi connectivity index (χ0n) is 34.1. The van der Waals surface area contributed by atoms with Gasteiger partial charge < -0.3 is 28.4 Å². The molecule has 0 saturated carbocycles. The normalized spacial score (nSPS) is 20.6. The van der Waals surface area contributed by atoms with E-state index in [1.165, 1.54) is 50.1 Å². The van der Waals surface area contributed by atoms with Crippen LogP contribution in [0.15, 0.2) is 164 Å². The molecule has 0 aliphatic heterocycles. The van der Waals surface area contributed by atoms with E-state index in [-0.39, 0.29) is 36.1 Å². The highest BCUT2D eigenvalue weighted by molar-refractivity contribution is 5.54. The first-order chi connectivity index (χ1) is 29.6. The van der Waals surface area contributed by atoms with Crippen molar-refractivity contribution in [2.75, 3.05) is 21.3 Å². The Bertz CT molecular complexity index is 2310. The number of rotatable bonds is 15. The summed E-state index contributed by atoms with van der Waals surface area (Å²) in [5.74, 6) is 2.69. The Balaban J connectivity index is 0.874. The molecule has 60 heavy (non-hydrogen) atoms. The second-order valence-corrected chi connectivity index (χ2v) is 16.0. The van der Waals surface area contributed by atoms with Gasteiger partial charge in [-0.2, -0.15) is 0 Å². The Morgan fingerprint density at radius 1 is 0.317 bits per heavy atom. The third-order valence-electron chi connectivity index (χ3n) is 12.6. The quantitative estimate of drug-likeness (QED) is 0.103. The van der Waals surface area contributed by atoms with E-state index in [0.29, 0.717) is 37.1 Å². The Morgan fingerprint density at radius 2 is 0.600 bits per heavy atom. The molecule has 300 valence electrons. The van der Waals surface area contributed by atoms with Crippen molar-refractivity contribution in [2.24, 2.45) is 0 Å². The first kappa shape index (κ1) is 38.0. The highest BCUT2D eigenvalue weighted by atomic mass is 16.5. The van der Waals surface area contributed by atoms with Crippen LogP contribution in [0, 0.1) is 0 Å². The summed E-state index contributed by atoms with van der Waals surface area (Å²) < 4.78 is 37.4. The van der Waals surface area contributed by atoms with Gasteiger partial charge in [-0.05, 0) is 85.0 Å². The smallest absolute Gasteiger partial charge is 0.127 e. The van der Waals surface area contributed by atoms with E-state index in [1.54, 1.807) is 21.3 Å². The summed E-state index contributed by atoms with van der Waals surface area (Å²) in [5, 5.41) is 0. The average Bonchev–Trinajstić information content (AvgIpc) is 3.27. The summed E-state index contributed by atoms with van der Waals surface area (Å²) >= 11 is 0. The maximum absolute atomic E-state index is 6.50. The minimum atomic E-state index is 0.00991. The van der Waals surface area contributed by atoms with Crippen LogP contribution in [0.2, 0.25) is 0 Å². The molecule has 0 fully saturated rings. The van der Waals surface area contributed by atoms with Crippen molar-refractivity contribution in [1.29, 1.82) is 0 Å². The van der Waals surface area contributed by atoms with Gasteiger partial charge in [0.15, 0.2) is 0 Å². The standard InChI is InChI=1S/C54H48O6/c1-55-52-46-25-34(19-22-43(46)49(52)37-13-7-4-8-14-37)31-58-40-28-41(59-32-35-20-23-44-47(26-35)53(56-2)50(44)38-15-9-5-10-16-38)30-42(29-40)60-33-36-21-24-45-48(27-36)54(57-3)51(45)39-17-11-6-12-18-39/h4-30,49-54H,31-33H2,1-3H3. The van der Waals surface area contributed by atoms with Crippen LogP contribution in [0.5, 0.6) is 17.2 Å². The Morgan fingerprint density at radius 3 is 0.867 bits per heavy atom. The zero-order valence-corrected chi connectivity index (χ0v) is 34.1. The molecule has 7 aromatic rings. The van der Waals surface area contributed by atoms with Crippen LogP contribution in [0.1, 0.15) is 103 Å². The summed E-state index contributed by atoms with van der Waals surface area (Å²) in [7, 11) is 5.37. The lowest BCUT2D eigenvalue weighted by atomic mass is 9.70. The summed E-state index contributed by atoms with van der Waals surface area (Å²) in [6.45, 7) is 1.17. The zero-order chi connectivity index (χ0) is 40.6. The molecule has 0 amide bonds. The lowest BCUT2D eigenvalue weighted by molar-refractivity contribution is 0.0674. The van der Waals surface area contributed by atoms with Gasteiger partial charge in [0.25, 0.3) is 0 Å². The maximum Gasteiger partial charge on any atom is 0.127 e. The van der Waals surface area contributed by atoms with Gasteiger partial charge in [-0.25, -0.2) is 0 Å². The first-order valence-corrected chi connectivity index (χ1v) is 20.7. The minimum Gasteiger partial charge on any atom is -0.489 e. The number of benzene rings is 7. The first-order valence-electron chi connectivity index (χ1n) is 20.7. The van der Waals surface area contributed by atoms with E-state index in [2.05, 4.69) is 146 Å². The molecule has 6 heteroatoms. The summed E-state index contributed by atoms with van der Waals surface area (Å²) in [5.41, 5.74) is 14.6. The number of hydrogen-bond donors (Lipinski definition) is 0. The van der Waals surface area contributed by atoms with Gasteiger partial charge in [-0.1, -0.05) is 127 Å². The molecular formula is C54H48O6. The van der Waals surface area contributed by atoms with Crippen molar-refractivity contribution in [3.63, 3.8) is 0 Å². The molecule has 0 N–H and O–H groups in total. The summed E-state index contributed by atoms with van der Waals surface area (Å²) in [6.07, 6.45) is 0.0297. The van der Waals surface area contributed by atoms with E-state index in [4.69, 9.17) is 28.4 Å². The van der Waals surface area contributed by atoms with Crippen molar-refractivity contribution in [3.8, 4) is 17.2 Å². The molecule has 0 radical (unpaired) electrons. The number of fused-ring (bicyclic) bond motifs is 3. The highest BCUT2D eigenvalue weighted by Gasteiger charge is 2.41. The molecule has 0 saturated heterocycles. The van der Waals surface area contributed by atoms with Gasteiger partial charge in [-0.15, -0.1) is 0 Å². The fraction of sp³-hybridized carbons (Fsp3) is 0.222. The molecule has 6 atom stereocenters. The lowest BCUT2D eigenvalue weighted by Crippen LogP contribution is -2.27. The summed E-state index contributed by atoms with van der Waals surface area (Å²) in [6, 6.07) is 57.3. The SMILES string of the molecule is COC1c2cc(COc3cc(OCc4ccc5c(c4)C(OC)C5c4ccccc4)cc(OCc4ccc5c(c4)C(OC)C5c4ccccc4)c3)ccc2C1c1ccccc1. The van der Waals surface area contributed by atoms with Gasteiger partial charge in [0.1, 0.15) is 37.1 Å². The van der Waals surface area contributed by atoms with E-state index in [9.17, 15) is 0 Å². The van der Waals surface area contributed by atoms with Crippen LogP contribution in [0.25, 0.3) is 0 Å². The minimum absolute atomic E-state index is 0.00991. The van der Waals surface area contributed by atoms with E-state index < -0.39 is 0 Å². The molecule has 0 spiro atoms. The highest BCUT2D eigenvalue weighted by Crippen LogP contribution is 2.53. The molecule has 3 aliphatic rings. The third-order valence-corrected chi connectivity index (χ3v) is 12.6. The van der Waals surface area contributed by atoms with Crippen molar-refractivity contribution in [3.05, 3.63) is 231 Å². The lowest BCUT2D eigenvalue weighted by Gasteiger charge is -2.39. The molecular weight excluding hydrogens is 745 g/mol. The largest absolute Gasteiger partial charge is 0.489 e. The molecule has 0 aromatic heterocycles. The molecule has 10 rings (SSSR count). The topological polar surface area (TPSA) is 55.4 Å². The molecule has 6 unspecified atom stereocenters. The average molecular weight is 793 g/mol. The van der Waals surface area contributed by atoms with Crippen LogP contribution in [-0.4, -0.2) is 21.3 Å². The fourth-order valence-corrected chi connectivity index (χ4v) is 9.60. The van der Waals surface area contributed by atoms with E-state index in [0.717, 1.165) is 16.7 Å². The molecule has 0 heterocycles. The van der Waals surface area contributed by atoms with Crippen molar-refractivity contribution in [2.45, 2.75) is 55.9 Å². The molecule has 3 aliphatic carbocycles. The van der Waals surface area contributed by atoms with Crippen molar-refractivity contribution >= 4 is 0 Å². The van der Waals surface area contributed by atoms with E-state index >= 15 is 0 Å². The van der Waals surface area contributed by atoms with Crippen molar-refractivity contribution < 1.29 is 28.4 Å². The van der Waals surface area contributed by atoms with Gasteiger partial charge in [-0.3, -0.25) is 0 Å². The van der Waals surface area contributed by atoms with Crippen LogP contribution in [0.3, 0.4) is 0 Å². The second kappa shape index (κ2) is 16.5. The number of ether oxygens (including phenoxy) is 6. The second-order valence-electron chi connectivity index (χ2n) is 16.0. The van der Waals surface area contributed by atoms with Crippen LogP contribution >= 0.6 is 0 Å². The monoisotopic (exact) mass is 792 g/mol. The number of methoxy groups -OCH3 is 3. The predicted molar refractivity (Wildman–Crippen MR) is 233 cm³/mol. The molecule has 6 nitrogen and oxygen atoms in total. The third kappa shape index (κ3) is 7.05. The fourth-order valence-electron chi connectivity index (χ4n) is 9.60. The predicted octanol–water partition coefficient (Wildman–Crippen LogP) is 11.9. The molecule has 7 aromatic carbocycles. The summed E-state index contributed by atoms with van der Waals surface area (Å²) in [4.78, 5) is 0. The maximum atomic E-state index is 6.50.